The van der Waals surface area contributed by atoms with Gasteiger partial charge in [-0.1, -0.05) is 27.2 Å². The Bertz CT molecular complexity index is 334. The molecule has 3 saturated carbocycles. The summed E-state index contributed by atoms with van der Waals surface area (Å²) < 4.78 is 0. The van der Waals surface area contributed by atoms with E-state index in [4.69, 9.17) is 0 Å². The Kier molecular flexibility index (Phi) is 3.15. The molecule has 0 radical (unpaired) electrons. The van der Waals surface area contributed by atoms with Gasteiger partial charge in [0.1, 0.15) is 0 Å². The number of hydrogen-bond donors (Lipinski definition) is 1. The first-order chi connectivity index (χ1) is 8.59. The van der Waals surface area contributed by atoms with Gasteiger partial charge < -0.3 is 5.32 Å². The number of carbonyl (C=O) groups excluding carboxylic acids is 1. The molecule has 0 aromatic rings. The highest BCUT2D eigenvalue weighted by Crippen LogP contribution is 2.62. The van der Waals surface area contributed by atoms with Gasteiger partial charge in [-0.05, 0) is 55.3 Å². The van der Waals surface area contributed by atoms with Gasteiger partial charge in [0.05, 0.1) is 0 Å². The minimum atomic E-state index is 0.357. The lowest BCUT2D eigenvalue weighted by molar-refractivity contribution is -0.124. The third-order valence-corrected chi connectivity index (χ3v) is 5.85. The first-order valence-electron chi connectivity index (χ1n) is 7.90. The maximum atomic E-state index is 12.4. The monoisotopic (exact) mass is 249 g/mol. The SMILES string of the molecule is CC(C)[C@@H]1CC[C@@H](C)[C@@H]2[C@@H](C(=O)NC3CCC3)[C@@H]21. The Labute approximate surface area is 111 Å². The number of nitrogens with one attached hydrogen (secondary N) is 1. The zero-order valence-electron chi connectivity index (χ0n) is 12.0. The van der Waals surface area contributed by atoms with Gasteiger partial charge in [-0.2, -0.15) is 0 Å². The molecule has 0 bridgehead atoms. The van der Waals surface area contributed by atoms with E-state index in [1.165, 1.54) is 32.1 Å². The Balaban J connectivity index is 1.64. The normalized spacial score (nSPS) is 43.2. The molecular weight excluding hydrogens is 222 g/mol. The third-order valence-electron chi connectivity index (χ3n) is 5.85. The zero-order chi connectivity index (χ0) is 12.9. The van der Waals surface area contributed by atoms with E-state index in [2.05, 4.69) is 26.1 Å². The van der Waals surface area contributed by atoms with Crippen molar-refractivity contribution in [3.8, 4) is 0 Å². The highest BCUT2D eigenvalue weighted by atomic mass is 16.2. The fourth-order valence-corrected chi connectivity index (χ4v) is 4.46. The first-order valence-corrected chi connectivity index (χ1v) is 7.90. The van der Waals surface area contributed by atoms with Crippen LogP contribution in [0.1, 0.15) is 52.9 Å². The van der Waals surface area contributed by atoms with Crippen LogP contribution in [0.25, 0.3) is 0 Å². The third kappa shape index (κ3) is 1.98. The van der Waals surface area contributed by atoms with E-state index in [9.17, 15) is 4.79 Å². The molecule has 1 amide bonds. The molecule has 3 rings (SSSR count). The molecule has 0 unspecified atom stereocenters. The lowest BCUT2D eigenvalue weighted by Gasteiger charge is -2.28. The summed E-state index contributed by atoms with van der Waals surface area (Å²) in [6.07, 6.45) is 6.38. The molecule has 1 N–H and O–H groups in total. The molecule has 2 heteroatoms. The summed E-state index contributed by atoms with van der Waals surface area (Å²) in [4.78, 5) is 12.4. The van der Waals surface area contributed by atoms with Crippen molar-refractivity contribution in [2.45, 2.75) is 58.9 Å². The molecule has 3 fully saturated rings. The second kappa shape index (κ2) is 4.54. The van der Waals surface area contributed by atoms with Gasteiger partial charge in [0.25, 0.3) is 0 Å². The molecular formula is C16H27NO. The number of carbonyl (C=O) groups is 1. The van der Waals surface area contributed by atoms with Crippen molar-refractivity contribution >= 4 is 5.91 Å². The van der Waals surface area contributed by atoms with Crippen LogP contribution in [0.5, 0.6) is 0 Å². The van der Waals surface area contributed by atoms with Crippen molar-refractivity contribution in [2.24, 2.45) is 35.5 Å². The van der Waals surface area contributed by atoms with E-state index in [1.54, 1.807) is 0 Å². The largest absolute Gasteiger partial charge is 0.353 e. The van der Waals surface area contributed by atoms with Gasteiger partial charge in [-0.15, -0.1) is 0 Å². The Morgan fingerprint density at radius 2 is 1.83 bits per heavy atom. The van der Waals surface area contributed by atoms with E-state index in [0.29, 0.717) is 29.7 Å². The lowest BCUT2D eigenvalue weighted by atomic mass is 9.77. The van der Waals surface area contributed by atoms with Gasteiger partial charge >= 0.3 is 0 Å². The summed E-state index contributed by atoms with van der Waals surface area (Å²) >= 11 is 0. The predicted molar refractivity (Wildman–Crippen MR) is 73.0 cm³/mol. The second-order valence-corrected chi connectivity index (χ2v) is 7.28. The molecule has 102 valence electrons. The van der Waals surface area contributed by atoms with Crippen LogP contribution in [0.4, 0.5) is 0 Å². The Hall–Kier alpha value is -0.530. The van der Waals surface area contributed by atoms with Crippen molar-refractivity contribution in [3.05, 3.63) is 0 Å². The standard InChI is InChI=1S/C16H27NO/c1-9(2)12-8-7-10(3)13-14(12)15(13)16(18)17-11-5-4-6-11/h9-15H,4-8H2,1-3H3,(H,17,18)/t10-,12+,13+,14-,15-/m1/s1. The molecule has 0 saturated heterocycles. The second-order valence-electron chi connectivity index (χ2n) is 7.28. The van der Waals surface area contributed by atoms with E-state index in [1.807, 2.05) is 0 Å². The minimum Gasteiger partial charge on any atom is -0.353 e. The van der Waals surface area contributed by atoms with Gasteiger partial charge in [-0.3, -0.25) is 4.79 Å². The molecule has 3 aliphatic carbocycles. The summed E-state index contributed by atoms with van der Waals surface area (Å²) in [5.41, 5.74) is 0. The fraction of sp³-hybridized carbons (Fsp3) is 0.938. The molecule has 0 spiro atoms. The minimum absolute atomic E-state index is 0.357. The zero-order valence-corrected chi connectivity index (χ0v) is 12.0. The fourth-order valence-electron chi connectivity index (χ4n) is 4.46. The lowest BCUT2D eigenvalue weighted by Crippen LogP contribution is -2.41. The highest BCUT2D eigenvalue weighted by molar-refractivity contribution is 5.82. The molecule has 3 aliphatic rings. The Morgan fingerprint density at radius 1 is 1.11 bits per heavy atom. The van der Waals surface area contributed by atoms with Gasteiger partial charge in [0, 0.05) is 12.0 Å². The summed E-state index contributed by atoms with van der Waals surface area (Å²) in [7, 11) is 0. The maximum Gasteiger partial charge on any atom is 0.223 e. The first kappa shape index (κ1) is 12.5. The van der Waals surface area contributed by atoms with Crippen LogP contribution in [0.3, 0.4) is 0 Å². The maximum absolute atomic E-state index is 12.4. The number of hydrogen-bond acceptors (Lipinski definition) is 1. The number of amides is 1. The van der Waals surface area contributed by atoms with Crippen LogP contribution in [0, 0.1) is 35.5 Å². The topological polar surface area (TPSA) is 29.1 Å². The summed E-state index contributed by atoms with van der Waals surface area (Å²) in [6, 6.07) is 0.507. The van der Waals surface area contributed by atoms with Crippen LogP contribution in [0.2, 0.25) is 0 Å². The van der Waals surface area contributed by atoms with E-state index in [-0.39, 0.29) is 0 Å². The van der Waals surface area contributed by atoms with Gasteiger partial charge in [0.2, 0.25) is 5.91 Å². The van der Waals surface area contributed by atoms with Crippen molar-refractivity contribution in [3.63, 3.8) is 0 Å². The van der Waals surface area contributed by atoms with Crippen LogP contribution in [0.15, 0.2) is 0 Å². The molecule has 0 aromatic heterocycles. The van der Waals surface area contributed by atoms with E-state index >= 15 is 0 Å². The van der Waals surface area contributed by atoms with Crippen LogP contribution < -0.4 is 5.32 Å². The average Bonchev–Trinajstić information content (AvgIpc) is 2.99. The average molecular weight is 249 g/mol. The highest BCUT2D eigenvalue weighted by Gasteiger charge is 2.61. The molecule has 0 aliphatic heterocycles. The van der Waals surface area contributed by atoms with Gasteiger partial charge in [0.15, 0.2) is 0 Å². The summed E-state index contributed by atoms with van der Waals surface area (Å²) in [6.45, 7) is 7.01. The number of fused-ring (bicyclic) bond motifs is 1. The van der Waals surface area contributed by atoms with Crippen LogP contribution in [-0.4, -0.2) is 11.9 Å². The van der Waals surface area contributed by atoms with Crippen molar-refractivity contribution in [1.29, 1.82) is 0 Å². The van der Waals surface area contributed by atoms with Crippen molar-refractivity contribution < 1.29 is 4.79 Å². The van der Waals surface area contributed by atoms with E-state index in [0.717, 1.165) is 17.8 Å². The summed E-state index contributed by atoms with van der Waals surface area (Å²) in [5.74, 6) is 4.45. The van der Waals surface area contributed by atoms with Crippen LogP contribution in [-0.2, 0) is 4.79 Å². The summed E-state index contributed by atoms with van der Waals surface area (Å²) in [5, 5.41) is 3.28. The Morgan fingerprint density at radius 3 is 2.39 bits per heavy atom. The van der Waals surface area contributed by atoms with E-state index < -0.39 is 0 Å². The molecule has 0 aromatic carbocycles. The van der Waals surface area contributed by atoms with Crippen molar-refractivity contribution in [1.82, 2.24) is 5.32 Å². The number of rotatable bonds is 3. The molecule has 5 atom stereocenters. The van der Waals surface area contributed by atoms with Crippen molar-refractivity contribution in [2.75, 3.05) is 0 Å². The van der Waals surface area contributed by atoms with Gasteiger partial charge in [-0.25, -0.2) is 0 Å². The predicted octanol–water partition coefficient (Wildman–Crippen LogP) is 3.22. The smallest absolute Gasteiger partial charge is 0.223 e. The quantitative estimate of drug-likeness (QED) is 0.817. The molecule has 0 heterocycles. The molecule has 2 nitrogen and oxygen atoms in total. The van der Waals surface area contributed by atoms with Crippen LogP contribution >= 0.6 is 0 Å². The molecule has 18 heavy (non-hydrogen) atoms.